The number of hydrogen-bond acceptors (Lipinski definition) is 3. The van der Waals surface area contributed by atoms with Crippen molar-refractivity contribution < 1.29 is 0 Å². The molecule has 0 bridgehead atoms. The van der Waals surface area contributed by atoms with Gasteiger partial charge in [0.25, 0.3) is 5.56 Å². The SMILES string of the molecule is CNC(C)Cn1c(=O)[nH]c2cc(Br)ccc2c1=O. The fraction of sp³-hybridized carbons (Fsp3) is 0.333. The maximum atomic E-state index is 12.2. The van der Waals surface area contributed by atoms with Crippen LogP contribution >= 0.6 is 15.9 Å². The third-order valence-electron chi connectivity index (χ3n) is 2.89. The highest BCUT2D eigenvalue weighted by Crippen LogP contribution is 2.14. The number of rotatable bonds is 3. The molecule has 0 spiro atoms. The van der Waals surface area contributed by atoms with Gasteiger partial charge in [-0.1, -0.05) is 15.9 Å². The van der Waals surface area contributed by atoms with E-state index in [0.29, 0.717) is 17.4 Å². The van der Waals surface area contributed by atoms with Gasteiger partial charge in [0, 0.05) is 17.1 Å². The lowest BCUT2D eigenvalue weighted by Gasteiger charge is -2.12. The second-order valence-electron chi connectivity index (χ2n) is 4.23. The first-order chi connectivity index (χ1) is 8.52. The van der Waals surface area contributed by atoms with Crippen molar-refractivity contribution in [3.63, 3.8) is 0 Å². The Labute approximate surface area is 112 Å². The third-order valence-corrected chi connectivity index (χ3v) is 3.39. The van der Waals surface area contributed by atoms with Crippen molar-refractivity contribution in [2.24, 2.45) is 0 Å². The third kappa shape index (κ3) is 2.39. The van der Waals surface area contributed by atoms with E-state index in [9.17, 15) is 9.59 Å². The van der Waals surface area contributed by atoms with Gasteiger partial charge < -0.3 is 10.3 Å². The van der Waals surface area contributed by atoms with E-state index < -0.39 is 0 Å². The van der Waals surface area contributed by atoms with Crippen LogP contribution in [-0.4, -0.2) is 22.6 Å². The Balaban J connectivity index is 2.66. The van der Waals surface area contributed by atoms with Crippen molar-refractivity contribution in [3.8, 4) is 0 Å². The number of hydrogen-bond donors (Lipinski definition) is 2. The molecule has 0 fully saturated rings. The summed E-state index contributed by atoms with van der Waals surface area (Å²) in [5.74, 6) is 0. The topological polar surface area (TPSA) is 66.9 Å². The smallest absolute Gasteiger partial charge is 0.315 e. The van der Waals surface area contributed by atoms with Gasteiger partial charge in [0.05, 0.1) is 10.9 Å². The van der Waals surface area contributed by atoms with Crippen LogP contribution in [0.15, 0.2) is 32.3 Å². The monoisotopic (exact) mass is 311 g/mol. The van der Waals surface area contributed by atoms with Crippen molar-refractivity contribution in [1.82, 2.24) is 14.9 Å². The molecule has 0 aliphatic rings. The highest BCUT2D eigenvalue weighted by atomic mass is 79.9. The Bertz CT molecular complexity index is 690. The Morgan fingerprint density at radius 3 is 2.83 bits per heavy atom. The van der Waals surface area contributed by atoms with Crippen molar-refractivity contribution in [1.29, 1.82) is 0 Å². The summed E-state index contributed by atoms with van der Waals surface area (Å²) >= 11 is 3.31. The minimum Gasteiger partial charge on any atom is -0.315 e. The highest BCUT2D eigenvalue weighted by Gasteiger charge is 2.09. The zero-order valence-electron chi connectivity index (χ0n) is 10.2. The molecule has 0 radical (unpaired) electrons. The summed E-state index contributed by atoms with van der Waals surface area (Å²) in [5, 5.41) is 3.52. The van der Waals surface area contributed by atoms with Crippen LogP contribution in [0, 0.1) is 0 Å². The van der Waals surface area contributed by atoms with E-state index in [2.05, 4.69) is 26.2 Å². The van der Waals surface area contributed by atoms with Crippen LogP contribution in [0.2, 0.25) is 0 Å². The zero-order chi connectivity index (χ0) is 13.3. The van der Waals surface area contributed by atoms with E-state index in [4.69, 9.17) is 0 Å². The first kappa shape index (κ1) is 13.0. The van der Waals surface area contributed by atoms with Gasteiger partial charge in [-0.25, -0.2) is 4.79 Å². The average molecular weight is 312 g/mol. The van der Waals surface area contributed by atoms with Crippen LogP contribution in [0.25, 0.3) is 10.9 Å². The van der Waals surface area contributed by atoms with Crippen LogP contribution in [0.3, 0.4) is 0 Å². The van der Waals surface area contributed by atoms with Crippen molar-refractivity contribution in [3.05, 3.63) is 43.5 Å². The molecule has 1 aromatic carbocycles. The minimum absolute atomic E-state index is 0.0525. The number of halogens is 1. The van der Waals surface area contributed by atoms with Crippen LogP contribution in [0.4, 0.5) is 0 Å². The lowest BCUT2D eigenvalue weighted by atomic mass is 10.2. The summed E-state index contributed by atoms with van der Waals surface area (Å²) in [7, 11) is 1.79. The lowest BCUT2D eigenvalue weighted by Crippen LogP contribution is -2.40. The normalized spacial score (nSPS) is 12.8. The molecular formula is C12H14BrN3O2. The molecule has 0 saturated heterocycles. The summed E-state index contributed by atoms with van der Waals surface area (Å²) in [6, 6.07) is 5.27. The van der Waals surface area contributed by atoms with Gasteiger partial charge in [-0.05, 0) is 32.2 Å². The van der Waals surface area contributed by atoms with Crippen molar-refractivity contribution >= 4 is 26.8 Å². The van der Waals surface area contributed by atoms with E-state index in [0.717, 1.165) is 4.47 Å². The number of aromatic amines is 1. The number of aromatic nitrogens is 2. The number of nitrogens with one attached hydrogen (secondary N) is 2. The van der Waals surface area contributed by atoms with E-state index >= 15 is 0 Å². The van der Waals surface area contributed by atoms with Gasteiger partial charge in [0.15, 0.2) is 0 Å². The number of H-pyrrole nitrogens is 1. The van der Waals surface area contributed by atoms with Crippen LogP contribution in [-0.2, 0) is 6.54 Å². The summed E-state index contributed by atoms with van der Waals surface area (Å²) in [5.41, 5.74) is -0.0937. The number of likely N-dealkylation sites (N-methyl/N-ethyl adjacent to an activating group) is 1. The van der Waals surface area contributed by atoms with Gasteiger partial charge >= 0.3 is 5.69 Å². The molecular weight excluding hydrogens is 298 g/mol. The molecule has 1 heterocycles. The van der Waals surface area contributed by atoms with Crippen molar-refractivity contribution in [2.45, 2.75) is 19.5 Å². The quantitative estimate of drug-likeness (QED) is 0.890. The predicted molar refractivity (Wildman–Crippen MR) is 75.1 cm³/mol. The van der Waals surface area contributed by atoms with E-state index in [1.165, 1.54) is 4.57 Å². The molecule has 96 valence electrons. The van der Waals surface area contributed by atoms with Gasteiger partial charge in [-0.2, -0.15) is 0 Å². The molecule has 1 unspecified atom stereocenters. The number of nitrogens with zero attached hydrogens (tertiary/aromatic N) is 1. The van der Waals surface area contributed by atoms with Gasteiger partial charge in [-0.15, -0.1) is 0 Å². The molecule has 18 heavy (non-hydrogen) atoms. The van der Waals surface area contributed by atoms with Crippen LogP contribution < -0.4 is 16.6 Å². The second-order valence-corrected chi connectivity index (χ2v) is 5.14. The largest absolute Gasteiger partial charge is 0.328 e. The Hall–Kier alpha value is -1.40. The molecule has 5 nitrogen and oxygen atoms in total. The van der Waals surface area contributed by atoms with Crippen LogP contribution in [0.1, 0.15) is 6.92 Å². The molecule has 2 aromatic rings. The molecule has 0 aliphatic carbocycles. The Morgan fingerprint density at radius 1 is 1.44 bits per heavy atom. The van der Waals surface area contributed by atoms with E-state index in [1.54, 1.807) is 25.2 Å². The van der Waals surface area contributed by atoms with Crippen LogP contribution in [0.5, 0.6) is 0 Å². The zero-order valence-corrected chi connectivity index (χ0v) is 11.7. The molecule has 2 rings (SSSR count). The fourth-order valence-corrected chi connectivity index (χ4v) is 2.12. The summed E-state index contributed by atoms with van der Waals surface area (Å²) < 4.78 is 2.05. The predicted octanol–water partition coefficient (Wildman–Crippen LogP) is 1.06. The van der Waals surface area contributed by atoms with E-state index in [1.807, 2.05) is 6.92 Å². The fourth-order valence-electron chi connectivity index (χ4n) is 1.76. The Morgan fingerprint density at radius 2 is 2.17 bits per heavy atom. The average Bonchev–Trinajstić information content (AvgIpc) is 2.33. The van der Waals surface area contributed by atoms with Crippen molar-refractivity contribution in [2.75, 3.05) is 7.05 Å². The number of benzene rings is 1. The standard InChI is InChI=1S/C12H14BrN3O2/c1-7(14-2)6-16-11(17)9-4-3-8(13)5-10(9)15-12(16)18/h3-5,7,14H,6H2,1-2H3,(H,15,18). The maximum absolute atomic E-state index is 12.2. The molecule has 0 saturated carbocycles. The second kappa shape index (κ2) is 5.07. The molecule has 0 aliphatic heterocycles. The van der Waals surface area contributed by atoms with Gasteiger partial charge in [0.1, 0.15) is 0 Å². The molecule has 2 N–H and O–H groups in total. The molecule has 0 amide bonds. The Kier molecular flexibility index (Phi) is 3.68. The van der Waals surface area contributed by atoms with Gasteiger partial charge in [-0.3, -0.25) is 9.36 Å². The summed E-state index contributed by atoms with van der Waals surface area (Å²) in [6.07, 6.45) is 0. The highest BCUT2D eigenvalue weighted by molar-refractivity contribution is 9.10. The first-order valence-electron chi connectivity index (χ1n) is 5.62. The maximum Gasteiger partial charge on any atom is 0.328 e. The first-order valence-corrected chi connectivity index (χ1v) is 6.42. The minimum atomic E-state index is -0.382. The van der Waals surface area contributed by atoms with Gasteiger partial charge in [0.2, 0.25) is 0 Å². The molecule has 1 atom stereocenters. The van der Waals surface area contributed by atoms with E-state index in [-0.39, 0.29) is 17.3 Å². The molecule has 6 heteroatoms. The molecule has 1 aromatic heterocycles. The number of fused-ring (bicyclic) bond motifs is 1. The summed E-state index contributed by atoms with van der Waals surface area (Å²) in [4.78, 5) is 26.8. The lowest BCUT2D eigenvalue weighted by molar-refractivity contribution is 0.492. The summed E-state index contributed by atoms with van der Waals surface area (Å²) in [6.45, 7) is 2.26.